The van der Waals surface area contributed by atoms with Gasteiger partial charge in [-0.2, -0.15) is 4.98 Å². The van der Waals surface area contributed by atoms with E-state index < -0.39 is 5.60 Å². The van der Waals surface area contributed by atoms with Crippen LogP contribution in [0, 0.1) is 5.92 Å². The number of amides is 1. The number of likely N-dealkylation sites (tertiary alicyclic amines) is 1. The highest BCUT2D eigenvalue weighted by Gasteiger charge is 2.48. The predicted molar refractivity (Wildman–Crippen MR) is 98.1 cm³/mol. The van der Waals surface area contributed by atoms with Gasteiger partial charge >= 0.3 is 0 Å². The van der Waals surface area contributed by atoms with Gasteiger partial charge in [-0.15, -0.1) is 0 Å². The van der Waals surface area contributed by atoms with Gasteiger partial charge < -0.3 is 19.3 Å². The smallest absolute Gasteiger partial charge is 0.227 e. The van der Waals surface area contributed by atoms with E-state index in [1.54, 1.807) is 7.11 Å². The van der Waals surface area contributed by atoms with Crippen molar-refractivity contribution in [2.75, 3.05) is 20.2 Å². The topological polar surface area (TPSA) is 88.7 Å². The normalized spacial score (nSPS) is 21.1. The van der Waals surface area contributed by atoms with Crippen LogP contribution < -0.4 is 4.74 Å². The molecule has 1 saturated heterocycles. The number of nitrogens with zero attached hydrogens (tertiary/aromatic N) is 3. The molecule has 4 rings (SSSR count). The second-order valence-corrected chi connectivity index (χ2v) is 7.49. The van der Waals surface area contributed by atoms with E-state index in [-0.39, 0.29) is 11.8 Å². The monoisotopic (exact) mass is 371 g/mol. The van der Waals surface area contributed by atoms with Crippen LogP contribution in [0.5, 0.6) is 5.75 Å². The van der Waals surface area contributed by atoms with Crippen molar-refractivity contribution in [1.82, 2.24) is 15.0 Å². The minimum absolute atomic E-state index is 0.0843. The Kier molecular flexibility index (Phi) is 4.86. The molecule has 1 amide bonds. The Labute approximate surface area is 158 Å². The number of methoxy groups -OCH3 is 1. The number of aryl methyl sites for hydroxylation is 1. The number of carbonyl (C=O) groups is 1. The number of hydrogen-bond donors (Lipinski definition) is 1. The van der Waals surface area contributed by atoms with Gasteiger partial charge in [-0.1, -0.05) is 17.3 Å². The fourth-order valence-corrected chi connectivity index (χ4v) is 3.85. The predicted octanol–water partition coefficient (Wildman–Crippen LogP) is 2.44. The first-order chi connectivity index (χ1) is 13.1. The minimum atomic E-state index is -0.519. The zero-order chi connectivity index (χ0) is 18.9. The molecule has 0 bridgehead atoms. The average Bonchev–Trinajstić information content (AvgIpc) is 3.29. The highest BCUT2D eigenvalue weighted by atomic mass is 16.5. The van der Waals surface area contributed by atoms with E-state index in [9.17, 15) is 9.90 Å². The molecule has 1 atom stereocenters. The highest BCUT2D eigenvalue weighted by Crippen LogP contribution is 2.45. The van der Waals surface area contributed by atoms with Gasteiger partial charge in [0.15, 0.2) is 0 Å². The Bertz CT molecular complexity index is 815. The average molecular weight is 371 g/mol. The van der Waals surface area contributed by atoms with Crippen molar-refractivity contribution in [3.05, 3.63) is 30.2 Å². The van der Waals surface area contributed by atoms with Crippen molar-refractivity contribution in [2.24, 2.45) is 5.92 Å². The number of rotatable bonds is 6. The Morgan fingerprint density at radius 2 is 2.22 bits per heavy atom. The van der Waals surface area contributed by atoms with Crippen LogP contribution in [-0.4, -0.2) is 51.9 Å². The third-order valence-electron chi connectivity index (χ3n) is 5.66. The fourth-order valence-electron chi connectivity index (χ4n) is 3.85. The Morgan fingerprint density at radius 3 is 3.00 bits per heavy atom. The van der Waals surface area contributed by atoms with Crippen LogP contribution in [-0.2, 0) is 11.2 Å². The molecule has 7 heteroatoms. The Morgan fingerprint density at radius 1 is 1.41 bits per heavy atom. The lowest BCUT2D eigenvalue weighted by molar-refractivity contribution is -0.134. The van der Waals surface area contributed by atoms with Crippen molar-refractivity contribution >= 4 is 5.91 Å². The van der Waals surface area contributed by atoms with Crippen LogP contribution >= 0.6 is 0 Å². The molecule has 2 fully saturated rings. The molecule has 1 N–H and O–H groups in total. The summed E-state index contributed by atoms with van der Waals surface area (Å²) >= 11 is 0. The minimum Gasteiger partial charge on any atom is -0.496 e. The zero-order valence-corrected chi connectivity index (χ0v) is 15.6. The first-order valence-electron chi connectivity index (χ1n) is 9.55. The van der Waals surface area contributed by atoms with Gasteiger partial charge in [0, 0.05) is 31.8 Å². The lowest BCUT2D eigenvalue weighted by atomic mass is 9.90. The molecule has 2 aliphatic rings. The van der Waals surface area contributed by atoms with Crippen molar-refractivity contribution in [3.8, 4) is 17.1 Å². The molecule has 1 aliphatic carbocycles. The second-order valence-electron chi connectivity index (χ2n) is 7.49. The van der Waals surface area contributed by atoms with E-state index >= 15 is 0 Å². The van der Waals surface area contributed by atoms with Crippen molar-refractivity contribution < 1.29 is 19.2 Å². The summed E-state index contributed by atoms with van der Waals surface area (Å²) in [7, 11) is 1.60. The molecule has 7 nitrogen and oxygen atoms in total. The summed E-state index contributed by atoms with van der Waals surface area (Å²) in [6.07, 6.45) is 4.44. The van der Waals surface area contributed by atoms with Gasteiger partial charge in [-0.25, -0.2) is 0 Å². The molecule has 1 unspecified atom stereocenters. The molecule has 1 aromatic heterocycles. The second kappa shape index (κ2) is 7.31. The summed E-state index contributed by atoms with van der Waals surface area (Å²) in [4.78, 5) is 18.9. The summed E-state index contributed by atoms with van der Waals surface area (Å²) in [6.45, 7) is 1.42. The number of carbonyl (C=O) groups excluding carboxylic acids is 1. The number of hydrogen-bond acceptors (Lipinski definition) is 6. The third kappa shape index (κ3) is 3.83. The summed E-state index contributed by atoms with van der Waals surface area (Å²) in [6, 6.07) is 7.48. The lowest BCUT2D eigenvalue weighted by Gasteiger charge is -2.35. The molecule has 1 saturated carbocycles. The van der Waals surface area contributed by atoms with Gasteiger partial charge in [-0.3, -0.25) is 4.79 Å². The largest absolute Gasteiger partial charge is 0.496 e. The number of aromatic nitrogens is 2. The molecule has 1 aliphatic heterocycles. The van der Waals surface area contributed by atoms with Gasteiger partial charge in [0.1, 0.15) is 5.75 Å². The van der Waals surface area contributed by atoms with E-state index in [0.717, 1.165) is 37.8 Å². The third-order valence-corrected chi connectivity index (χ3v) is 5.66. The van der Waals surface area contributed by atoms with Crippen LogP contribution in [0.25, 0.3) is 11.4 Å². The molecule has 2 aromatic rings. The standard InChI is InChI=1S/C20H25N3O4/c1-26-16-7-3-2-6-15(16)19-21-17(27-22-19)8-9-18(24)23-12-4-5-14(13-23)20(25)10-11-20/h2-3,6-7,14,25H,4-5,8-13H2,1H3. The first-order valence-corrected chi connectivity index (χ1v) is 9.55. The highest BCUT2D eigenvalue weighted by molar-refractivity contribution is 5.76. The molecule has 0 radical (unpaired) electrons. The van der Waals surface area contributed by atoms with Crippen LogP contribution in [0.4, 0.5) is 0 Å². The summed E-state index contributed by atoms with van der Waals surface area (Å²) in [5.41, 5.74) is 0.243. The van der Waals surface area contributed by atoms with Crippen molar-refractivity contribution in [1.29, 1.82) is 0 Å². The number of benzene rings is 1. The zero-order valence-electron chi connectivity index (χ0n) is 15.6. The number of para-hydroxylation sites is 1. The SMILES string of the molecule is COc1ccccc1-c1noc(CCC(=O)N2CCCC(C3(O)CC3)C2)n1. The maximum Gasteiger partial charge on any atom is 0.227 e. The van der Waals surface area contributed by atoms with E-state index in [1.807, 2.05) is 29.2 Å². The molecular weight excluding hydrogens is 346 g/mol. The molecular formula is C20H25N3O4. The van der Waals surface area contributed by atoms with Crippen LogP contribution in [0.2, 0.25) is 0 Å². The van der Waals surface area contributed by atoms with Gasteiger partial charge in [0.05, 0.1) is 18.3 Å². The van der Waals surface area contributed by atoms with Gasteiger partial charge in [0.2, 0.25) is 17.6 Å². The fraction of sp³-hybridized carbons (Fsp3) is 0.550. The molecule has 0 spiro atoms. The van der Waals surface area contributed by atoms with E-state index in [2.05, 4.69) is 10.1 Å². The number of aliphatic hydroxyl groups is 1. The maximum atomic E-state index is 12.6. The van der Waals surface area contributed by atoms with Crippen LogP contribution in [0.1, 0.15) is 38.0 Å². The van der Waals surface area contributed by atoms with Crippen LogP contribution in [0.3, 0.4) is 0 Å². The van der Waals surface area contributed by atoms with E-state index in [4.69, 9.17) is 9.26 Å². The van der Waals surface area contributed by atoms with Crippen molar-refractivity contribution in [2.45, 2.75) is 44.1 Å². The molecule has 27 heavy (non-hydrogen) atoms. The molecule has 1 aromatic carbocycles. The van der Waals surface area contributed by atoms with Gasteiger partial charge in [-0.05, 0) is 37.8 Å². The summed E-state index contributed by atoms with van der Waals surface area (Å²) < 4.78 is 10.6. The van der Waals surface area contributed by atoms with Crippen molar-refractivity contribution in [3.63, 3.8) is 0 Å². The molecule has 2 heterocycles. The summed E-state index contributed by atoms with van der Waals surface area (Å²) in [5.74, 6) is 1.89. The molecule has 144 valence electrons. The Balaban J connectivity index is 1.35. The van der Waals surface area contributed by atoms with Crippen LogP contribution in [0.15, 0.2) is 28.8 Å². The van der Waals surface area contributed by atoms with E-state index in [1.165, 1.54) is 0 Å². The van der Waals surface area contributed by atoms with E-state index in [0.29, 0.717) is 36.9 Å². The number of ether oxygens (including phenoxy) is 1. The first kappa shape index (κ1) is 18.0. The quantitative estimate of drug-likeness (QED) is 0.839. The summed E-state index contributed by atoms with van der Waals surface area (Å²) in [5, 5.41) is 14.3. The number of piperidine rings is 1. The Hall–Kier alpha value is -2.41. The lowest BCUT2D eigenvalue weighted by Crippen LogP contribution is -2.44. The maximum absolute atomic E-state index is 12.6. The van der Waals surface area contributed by atoms with Gasteiger partial charge in [0.25, 0.3) is 0 Å².